The van der Waals surface area contributed by atoms with Gasteiger partial charge in [-0.3, -0.25) is 24.7 Å². The highest BCUT2D eigenvalue weighted by Crippen LogP contribution is 2.40. The molecule has 1 aromatic rings. The Bertz CT molecular complexity index is 801. The van der Waals surface area contributed by atoms with Crippen molar-refractivity contribution in [1.82, 2.24) is 9.88 Å². The van der Waals surface area contributed by atoms with E-state index in [1.165, 1.54) is 48.8 Å². The number of carboxylic acid groups (broad SMARTS) is 1. The van der Waals surface area contributed by atoms with Gasteiger partial charge in [-0.1, -0.05) is 0 Å². The van der Waals surface area contributed by atoms with E-state index in [1.807, 2.05) is 0 Å². The van der Waals surface area contributed by atoms with Crippen molar-refractivity contribution in [1.29, 1.82) is 0 Å². The van der Waals surface area contributed by atoms with Gasteiger partial charge in [-0.15, -0.1) is 0 Å². The Morgan fingerprint density at radius 3 is 2.40 bits per heavy atom. The zero-order chi connectivity index (χ0) is 18.2. The van der Waals surface area contributed by atoms with Gasteiger partial charge < -0.3 is 10.4 Å². The molecule has 10 nitrogen and oxygen atoms in total. The zero-order valence-corrected chi connectivity index (χ0v) is 13.2. The fourth-order valence-electron chi connectivity index (χ4n) is 2.43. The van der Waals surface area contributed by atoms with Crippen LogP contribution < -0.4 is 10.2 Å². The second-order valence-corrected chi connectivity index (χ2v) is 5.75. The normalized spacial score (nSPS) is 17.3. The Kier molecular flexibility index (Phi) is 3.87. The molecule has 25 heavy (non-hydrogen) atoms. The molecule has 1 amide bonds. The number of rotatable bonds is 5. The van der Waals surface area contributed by atoms with Gasteiger partial charge in [0.2, 0.25) is 5.82 Å². The molecule has 1 aliphatic carbocycles. The number of hydrogen-bond donors (Lipinski definition) is 2. The van der Waals surface area contributed by atoms with E-state index in [1.54, 1.807) is 0 Å². The van der Waals surface area contributed by atoms with E-state index in [0.29, 0.717) is 18.7 Å². The highest BCUT2D eigenvalue weighted by atomic mass is 16.6. The maximum Gasteiger partial charge on any atom is 0.415 e. The van der Waals surface area contributed by atoms with Crippen LogP contribution >= 0.6 is 0 Å². The molecule has 1 aromatic heterocycles. The minimum atomic E-state index is -1.18. The van der Waals surface area contributed by atoms with Crippen LogP contribution in [0.5, 0.6) is 0 Å². The Morgan fingerprint density at radius 1 is 1.28 bits per heavy atom. The van der Waals surface area contributed by atoms with Crippen LogP contribution in [0, 0.1) is 10.1 Å². The average Bonchev–Trinajstić information content (AvgIpc) is 3.35. The standard InChI is InChI=1S/C15H15N5O5/c1-10(21)15(4-5-15)17-12-3-2-11(20(24)25)13(16-12)18-6-8-19(9-7-18)14(22)23/h2-3,6-9H,4-5H2,1H3,(H,16,17)(H,22,23). The molecular weight excluding hydrogens is 330 g/mol. The van der Waals surface area contributed by atoms with Crippen molar-refractivity contribution < 1.29 is 19.6 Å². The number of carbonyl (C=O) groups excluding carboxylic acids is 1. The molecule has 1 fully saturated rings. The van der Waals surface area contributed by atoms with Gasteiger partial charge in [0, 0.05) is 30.9 Å². The molecule has 0 radical (unpaired) electrons. The SMILES string of the molecule is CC(=O)C1(Nc2ccc([N+](=O)[O-])c(N3C=CN(C(=O)O)C=C3)n2)CC1. The molecule has 10 heteroatoms. The highest BCUT2D eigenvalue weighted by Gasteiger charge is 2.47. The van der Waals surface area contributed by atoms with Crippen molar-refractivity contribution in [3.8, 4) is 0 Å². The summed E-state index contributed by atoms with van der Waals surface area (Å²) < 4.78 is 0. The number of nitrogens with zero attached hydrogens (tertiary/aromatic N) is 4. The molecule has 130 valence electrons. The first-order valence-electron chi connectivity index (χ1n) is 7.43. The van der Waals surface area contributed by atoms with Gasteiger partial charge in [-0.2, -0.15) is 0 Å². The molecule has 2 aliphatic rings. The van der Waals surface area contributed by atoms with Crippen LogP contribution in [0.15, 0.2) is 36.9 Å². The van der Waals surface area contributed by atoms with Crippen LogP contribution in [-0.4, -0.2) is 37.3 Å². The maximum absolute atomic E-state index is 11.7. The summed E-state index contributed by atoms with van der Waals surface area (Å²) >= 11 is 0. The fraction of sp³-hybridized carbons (Fsp3) is 0.267. The van der Waals surface area contributed by atoms with Gasteiger partial charge in [0.1, 0.15) is 5.82 Å². The van der Waals surface area contributed by atoms with E-state index in [9.17, 15) is 19.7 Å². The summed E-state index contributed by atoms with van der Waals surface area (Å²) in [5.41, 5.74) is -0.884. The summed E-state index contributed by atoms with van der Waals surface area (Å²) in [6.07, 6.45) is 5.39. The minimum Gasteiger partial charge on any atom is -0.464 e. The molecule has 0 spiro atoms. The van der Waals surface area contributed by atoms with Crippen LogP contribution in [-0.2, 0) is 4.79 Å². The van der Waals surface area contributed by atoms with Crippen LogP contribution in [0.4, 0.5) is 22.1 Å². The van der Waals surface area contributed by atoms with E-state index in [2.05, 4.69) is 10.3 Å². The van der Waals surface area contributed by atoms with Crippen LogP contribution in [0.1, 0.15) is 19.8 Å². The first-order chi connectivity index (χ1) is 11.8. The average molecular weight is 345 g/mol. The summed E-state index contributed by atoms with van der Waals surface area (Å²) in [6, 6.07) is 2.75. The summed E-state index contributed by atoms with van der Waals surface area (Å²) in [6.45, 7) is 1.49. The molecule has 2 heterocycles. The molecule has 3 rings (SSSR count). The predicted octanol–water partition coefficient (Wildman–Crippen LogP) is 2.27. The summed E-state index contributed by atoms with van der Waals surface area (Å²) in [7, 11) is 0. The molecule has 0 unspecified atom stereocenters. The molecule has 0 saturated heterocycles. The Morgan fingerprint density at radius 2 is 1.92 bits per heavy atom. The molecule has 0 bridgehead atoms. The Balaban J connectivity index is 1.92. The Labute approximate surface area is 142 Å². The van der Waals surface area contributed by atoms with Crippen molar-refractivity contribution in [3.05, 3.63) is 47.0 Å². The van der Waals surface area contributed by atoms with Crippen molar-refractivity contribution in [2.24, 2.45) is 0 Å². The lowest BCUT2D eigenvalue weighted by molar-refractivity contribution is -0.384. The number of Topliss-reactive ketones (excluding diaryl/α,β-unsaturated/α-hetero) is 1. The van der Waals surface area contributed by atoms with Crippen LogP contribution in [0.25, 0.3) is 0 Å². The number of nitro groups is 1. The second-order valence-electron chi connectivity index (χ2n) is 5.75. The highest BCUT2D eigenvalue weighted by molar-refractivity contribution is 5.92. The summed E-state index contributed by atoms with van der Waals surface area (Å²) in [5, 5.41) is 23.2. The van der Waals surface area contributed by atoms with Gasteiger partial charge in [0.25, 0.3) is 0 Å². The number of anilines is 2. The number of nitrogens with one attached hydrogen (secondary N) is 1. The molecule has 1 saturated carbocycles. The monoisotopic (exact) mass is 345 g/mol. The largest absolute Gasteiger partial charge is 0.464 e. The van der Waals surface area contributed by atoms with E-state index >= 15 is 0 Å². The van der Waals surface area contributed by atoms with Crippen LogP contribution in [0.3, 0.4) is 0 Å². The van der Waals surface area contributed by atoms with Gasteiger partial charge in [0.05, 0.1) is 10.5 Å². The minimum absolute atomic E-state index is 0.0101. The third kappa shape index (κ3) is 3.13. The molecule has 0 atom stereocenters. The number of ketones is 1. The number of amides is 1. The van der Waals surface area contributed by atoms with E-state index in [4.69, 9.17) is 5.11 Å². The summed E-state index contributed by atoms with van der Waals surface area (Å²) in [4.78, 5) is 39.8. The van der Waals surface area contributed by atoms with Gasteiger partial charge in [0.15, 0.2) is 5.78 Å². The topological polar surface area (TPSA) is 129 Å². The van der Waals surface area contributed by atoms with Gasteiger partial charge in [-0.05, 0) is 25.8 Å². The lowest BCUT2D eigenvalue weighted by atomic mass is 10.2. The third-order valence-electron chi connectivity index (χ3n) is 4.08. The molecule has 2 N–H and O–H groups in total. The van der Waals surface area contributed by atoms with Crippen molar-refractivity contribution >= 4 is 29.2 Å². The maximum atomic E-state index is 11.7. The first-order valence-corrected chi connectivity index (χ1v) is 7.43. The lowest BCUT2D eigenvalue weighted by Crippen LogP contribution is -2.30. The molecule has 1 aliphatic heterocycles. The number of hydrogen-bond acceptors (Lipinski definition) is 7. The van der Waals surface area contributed by atoms with Crippen molar-refractivity contribution in [3.63, 3.8) is 0 Å². The van der Waals surface area contributed by atoms with Gasteiger partial charge in [-0.25, -0.2) is 9.78 Å². The number of carbonyl (C=O) groups is 2. The Hall–Kier alpha value is -3.43. The van der Waals surface area contributed by atoms with Crippen molar-refractivity contribution in [2.45, 2.75) is 25.3 Å². The molecular formula is C15H15N5O5. The molecule has 0 aromatic carbocycles. The predicted molar refractivity (Wildman–Crippen MR) is 87.8 cm³/mol. The lowest BCUT2D eigenvalue weighted by Gasteiger charge is -2.22. The van der Waals surface area contributed by atoms with Crippen molar-refractivity contribution in [2.75, 3.05) is 10.2 Å². The number of aromatic nitrogens is 1. The quantitative estimate of drug-likeness (QED) is 0.614. The third-order valence-corrected chi connectivity index (χ3v) is 4.08. The smallest absolute Gasteiger partial charge is 0.415 e. The zero-order valence-electron chi connectivity index (χ0n) is 13.2. The van der Waals surface area contributed by atoms with E-state index < -0.39 is 16.6 Å². The summed E-state index contributed by atoms with van der Waals surface area (Å²) in [5.74, 6) is 0.353. The van der Waals surface area contributed by atoms with E-state index in [0.717, 1.165) is 4.90 Å². The van der Waals surface area contributed by atoms with Gasteiger partial charge >= 0.3 is 11.8 Å². The van der Waals surface area contributed by atoms with E-state index in [-0.39, 0.29) is 17.3 Å². The first kappa shape index (κ1) is 16.4. The number of pyridine rings is 1. The second kappa shape index (κ2) is 5.89. The van der Waals surface area contributed by atoms with Crippen LogP contribution in [0.2, 0.25) is 0 Å². The fourth-order valence-corrected chi connectivity index (χ4v) is 2.43.